The minimum absolute atomic E-state index is 0.206. The molecule has 0 aliphatic carbocycles. The number of nitrogens with zero attached hydrogens (tertiary/aromatic N) is 2. The minimum atomic E-state index is -0.206. The number of amides is 1. The van der Waals surface area contributed by atoms with Crippen LogP contribution < -0.4 is 5.43 Å². The molecular formula is C22H27N3O2. The number of carbonyl (C=O) groups excluding carboxylic acids is 1. The molecule has 142 valence electrons. The molecular weight excluding hydrogens is 338 g/mol. The standard InChI is InChI=1S/C22H27N3O2/c1-17(2)20-7-3-18(4-8-20)15-23-24-22(26)21-9-5-19(6-10-21)16-25-11-13-27-14-12-25/h3-10,15,17H,11-14,16H2,1-2H3,(H,24,26). The van der Waals surface area contributed by atoms with Crippen molar-refractivity contribution in [1.82, 2.24) is 10.3 Å². The number of rotatable bonds is 6. The van der Waals surface area contributed by atoms with E-state index in [1.165, 1.54) is 11.1 Å². The Morgan fingerprint density at radius 1 is 1.11 bits per heavy atom. The molecule has 0 atom stereocenters. The number of ether oxygens (including phenoxy) is 1. The Kier molecular flexibility index (Phi) is 6.74. The van der Waals surface area contributed by atoms with Crippen LogP contribution >= 0.6 is 0 Å². The highest BCUT2D eigenvalue weighted by molar-refractivity contribution is 5.94. The van der Waals surface area contributed by atoms with Crippen LogP contribution in [0.5, 0.6) is 0 Å². The maximum atomic E-state index is 12.2. The summed E-state index contributed by atoms with van der Waals surface area (Å²) in [6.45, 7) is 8.70. The molecule has 1 amide bonds. The van der Waals surface area contributed by atoms with Crippen LogP contribution in [-0.4, -0.2) is 43.3 Å². The Labute approximate surface area is 161 Å². The molecule has 3 rings (SSSR count). The fourth-order valence-electron chi connectivity index (χ4n) is 2.98. The topological polar surface area (TPSA) is 53.9 Å². The minimum Gasteiger partial charge on any atom is -0.379 e. The summed E-state index contributed by atoms with van der Waals surface area (Å²) >= 11 is 0. The van der Waals surface area contributed by atoms with E-state index >= 15 is 0 Å². The van der Waals surface area contributed by atoms with Crippen molar-refractivity contribution in [2.75, 3.05) is 26.3 Å². The van der Waals surface area contributed by atoms with Gasteiger partial charge in [-0.15, -0.1) is 0 Å². The van der Waals surface area contributed by atoms with Gasteiger partial charge >= 0.3 is 0 Å². The second kappa shape index (κ2) is 9.44. The highest BCUT2D eigenvalue weighted by Gasteiger charge is 2.11. The third-order valence-corrected chi connectivity index (χ3v) is 4.71. The molecule has 5 heteroatoms. The third kappa shape index (κ3) is 5.74. The smallest absolute Gasteiger partial charge is 0.271 e. The molecule has 0 unspecified atom stereocenters. The number of hydrazone groups is 1. The quantitative estimate of drug-likeness (QED) is 0.630. The third-order valence-electron chi connectivity index (χ3n) is 4.71. The van der Waals surface area contributed by atoms with Gasteiger partial charge in [0, 0.05) is 25.2 Å². The van der Waals surface area contributed by atoms with Crippen molar-refractivity contribution in [3.8, 4) is 0 Å². The SMILES string of the molecule is CC(C)c1ccc(C=NNC(=O)c2ccc(CN3CCOCC3)cc2)cc1. The van der Waals surface area contributed by atoms with Gasteiger partial charge in [-0.1, -0.05) is 50.2 Å². The average molecular weight is 365 g/mol. The maximum Gasteiger partial charge on any atom is 0.271 e. The lowest BCUT2D eigenvalue weighted by Gasteiger charge is -2.26. The van der Waals surface area contributed by atoms with Gasteiger partial charge in [-0.25, -0.2) is 5.43 Å². The van der Waals surface area contributed by atoms with Gasteiger partial charge in [-0.3, -0.25) is 9.69 Å². The lowest BCUT2D eigenvalue weighted by molar-refractivity contribution is 0.0342. The Bertz CT molecular complexity index is 761. The van der Waals surface area contributed by atoms with Crippen LogP contribution in [0.15, 0.2) is 53.6 Å². The van der Waals surface area contributed by atoms with Crippen molar-refractivity contribution in [2.45, 2.75) is 26.3 Å². The molecule has 1 aliphatic rings. The summed E-state index contributed by atoms with van der Waals surface area (Å²) in [6, 6.07) is 15.9. The summed E-state index contributed by atoms with van der Waals surface area (Å²) in [5.74, 6) is 0.296. The fourth-order valence-corrected chi connectivity index (χ4v) is 2.98. The zero-order valence-corrected chi connectivity index (χ0v) is 16.0. The van der Waals surface area contributed by atoms with Gasteiger partial charge in [-0.05, 0) is 34.7 Å². The first-order chi connectivity index (χ1) is 13.1. The van der Waals surface area contributed by atoms with Crippen LogP contribution in [0.25, 0.3) is 0 Å². The molecule has 0 saturated carbocycles. The van der Waals surface area contributed by atoms with Crippen LogP contribution in [-0.2, 0) is 11.3 Å². The second-order valence-electron chi connectivity index (χ2n) is 7.11. The van der Waals surface area contributed by atoms with E-state index < -0.39 is 0 Å². The van der Waals surface area contributed by atoms with Gasteiger partial charge in [0.15, 0.2) is 0 Å². The van der Waals surface area contributed by atoms with Crippen molar-refractivity contribution in [3.05, 3.63) is 70.8 Å². The van der Waals surface area contributed by atoms with Crippen molar-refractivity contribution in [1.29, 1.82) is 0 Å². The Balaban J connectivity index is 1.51. The number of morpholine rings is 1. The zero-order chi connectivity index (χ0) is 19.1. The van der Waals surface area contributed by atoms with Crippen LogP contribution in [0.4, 0.5) is 0 Å². The highest BCUT2D eigenvalue weighted by Crippen LogP contribution is 2.14. The molecule has 0 bridgehead atoms. The van der Waals surface area contributed by atoms with Gasteiger partial charge in [0.2, 0.25) is 0 Å². The van der Waals surface area contributed by atoms with Crippen molar-refractivity contribution in [2.24, 2.45) is 5.10 Å². The summed E-state index contributed by atoms with van der Waals surface area (Å²) in [6.07, 6.45) is 1.66. The van der Waals surface area contributed by atoms with Crippen molar-refractivity contribution >= 4 is 12.1 Å². The van der Waals surface area contributed by atoms with Gasteiger partial charge in [0.25, 0.3) is 5.91 Å². The summed E-state index contributed by atoms with van der Waals surface area (Å²) < 4.78 is 5.37. The summed E-state index contributed by atoms with van der Waals surface area (Å²) in [4.78, 5) is 14.6. The predicted octanol–water partition coefficient (Wildman–Crippen LogP) is 3.41. The molecule has 2 aromatic carbocycles. The molecule has 1 aliphatic heterocycles. The first-order valence-electron chi connectivity index (χ1n) is 9.44. The monoisotopic (exact) mass is 365 g/mol. The zero-order valence-electron chi connectivity index (χ0n) is 16.0. The van der Waals surface area contributed by atoms with Gasteiger partial charge in [0.1, 0.15) is 0 Å². The normalized spacial score (nSPS) is 15.4. The van der Waals surface area contributed by atoms with Gasteiger partial charge in [-0.2, -0.15) is 5.10 Å². The van der Waals surface area contributed by atoms with E-state index in [9.17, 15) is 4.79 Å². The summed E-state index contributed by atoms with van der Waals surface area (Å²) in [7, 11) is 0. The first-order valence-corrected chi connectivity index (χ1v) is 9.44. The highest BCUT2D eigenvalue weighted by atomic mass is 16.5. The van der Waals surface area contributed by atoms with E-state index in [2.05, 4.69) is 41.4 Å². The van der Waals surface area contributed by atoms with Crippen molar-refractivity contribution in [3.63, 3.8) is 0 Å². The van der Waals surface area contributed by atoms with Gasteiger partial charge < -0.3 is 4.74 Å². The van der Waals surface area contributed by atoms with Crippen LogP contribution in [0.1, 0.15) is 46.8 Å². The lowest BCUT2D eigenvalue weighted by atomic mass is 10.0. The summed E-state index contributed by atoms with van der Waals surface area (Å²) in [5.41, 5.74) is 6.63. The van der Waals surface area contributed by atoms with E-state index in [-0.39, 0.29) is 5.91 Å². The van der Waals surface area contributed by atoms with Crippen LogP contribution in [0.2, 0.25) is 0 Å². The fraction of sp³-hybridized carbons (Fsp3) is 0.364. The summed E-state index contributed by atoms with van der Waals surface area (Å²) in [5, 5.41) is 4.06. The number of benzene rings is 2. The van der Waals surface area contributed by atoms with E-state index in [4.69, 9.17) is 4.74 Å². The largest absolute Gasteiger partial charge is 0.379 e. The molecule has 0 radical (unpaired) electrons. The number of hydrogen-bond donors (Lipinski definition) is 1. The predicted molar refractivity (Wildman–Crippen MR) is 108 cm³/mol. The van der Waals surface area contributed by atoms with Crippen molar-refractivity contribution < 1.29 is 9.53 Å². The van der Waals surface area contributed by atoms with E-state index in [1.807, 2.05) is 36.4 Å². The number of hydrogen-bond acceptors (Lipinski definition) is 4. The number of nitrogens with one attached hydrogen (secondary N) is 1. The average Bonchev–Trinajstić information content (AvgIpc) is 2.69. The Morgan fingerprint density at radius 2 is 1.78 bits per heavy atom. The van der Waals surface area contributed by atoms with E-state index in [1.54, 1.807) is 6.21 Å². The van der Waals surface area contributed by atoms with Gasteiger partial charge in [0.05, 0.1) is 19.4 Å². The number of carbonyl (C=O) groups is 1. The Hall–Kier alpha value is -2.50. The molecule has 1 fully saturated rings. The lowest BCUT2D eigenvalue weighted by Crippen LogP contribution is -2.35. The molecule has 0 aromatic heterocycles. The first kappa shape index (κ1) is 19.3. The molecule has 1 N–H and O–H groups in total. The van der Waals surface area contributed by atoms with E-state index in [0.717, 1.165) is 38.4 Å². The second-order valence-corrected chi connectivity index (χ2v) is 7.11. The maximum absolute atomic E-state index is 12.2. The molecule has 2 aromatic rings. The molecule has 0 spiro atoms. The Morgan fingerprint density at radius 3 is 2.41 bits per heavy atom. The van der Waals surface area contributed by atoms with Crippen LogP contribution in [0.3, 0.4) is 0 Å². The molecule has 27 heavy (non-hydrogen) atoms. The molecule has 1 heterocycles. The van der Waals surface area contributed by atoms with E-state index in [0.29, 0.717) is 11.5 Å². The van der Waals surface area contributed by atoms with Crippen LogP contribution in [0, 0.1) is 0 Å². The molecule has 1 saturated heterocycles. The molecule has 5 nitrogen and oxygen atoms in total.